The van der Waals surface area contributed by atoms with E-state index in [1.165, 1.54) is 4.88 Å². The van der Waals surface area contributed by atoms with Crippen molar-refractivity contribution >= 4 is 38.8 Å². The van der Waals surface area contributed by atoms with Crippen LogP contribution in [0.15, 0.2) is 66.7 Å². The molecule has 8 heteroatoms. The van der Waals surface area contributed by atoms with Crippen LogP contribution in [0.2, 0.25) is 0 Å². The summed E-state index contributed by atoms with van der Waals surface area (Å²) < 4.78 is 0. The Balaban J connectivity index is 1.49. The minimum Gasteiger partial charge on any atom is -0.376 e. The number of aromatic nitrogens is 6. The molecule has 0 bridgehead atoms. The maximum Gasteiger partial charge on any atom is 0.116 e. The van der Waals surface area contributed by atoms with E-state index in [1.807, 2.05) is 50.0 Å². The van der Waals surface area contributed by atoms with Crippen LogP contribution in [-0.2, 0) is 0 Å². The first-order valence-corrected chi connectivity index (χ1v) is 11.0. The van der Waals surface area contributed by atoms with Gasteiger partial charge in [-0.1, -0.05) is 6.07 Å². The van der Waals surface area contributed by atoms with E-state index < -0.39 is 0 Å². The first kappa shape index (κ1) is 18.7. The molecule has 0 radical (unpaired) electrons. The van der Waals surface area contributed by atoms with Crippen molar-refractivity contribution in [1.29, 1.82) is 0 Å². The van der Waals surface area contributed by atoms with Crippen LogP contribution in [-0.4, -0.2) is 44.2 Å². The molecule has 0 aliphatic heterocycles. The molecule has 6 heterocycles. The second-order valence-electron chi connectivity index (χ2n) is 7.82. The summed E-state index contributed by atoms with van der Waals surface area (Å²) in [6, 6.07) is 10.5. The van der Waals surface area contributed by atoms with Crippen LogP contribution in [0.25, 0.3) is 54.9 Å². The Morgan fingerprint density at radius 2 is 1.81 bits per heavy atom. The Kier molecular flexibility index (Phi) is 4.26. The van der Waals surface area contributed by atoms with Crippen molar-refractivity contribution in [3.05, 3.63) is 66.7 Å². The fourth-order valence-corrected chi connectivity index (χ4v) is 4.65. The molecule has 156 valence electrons. The SMILES string of the molecule is CN(C)c1cncc(-c2cc3c(-c4cc5c(-c6cccs6)cncc5[nH]4)n[nH]c3cn2)c1. The van der Waals surface area contributed by atoms with E-state index in [4.69, 9.17) is 0 Å². The summed E-state index contributed by atoms with van der Waals surface area (Å²) in [4.78, 5) is 20.2. The number of anilines is 1. The molecule has 32 heavy (non-hydrogen) atoms. The number of rotatable bonds is 4. The van der Waals surface area contributed by atoms with Gasteiger partial charge in [-0.3, -0.25) is 20.1 Å². The first-order valence-electron chi connectivity index (χ1n) is 10.2. The van der Waals surface area contributed by atoms with E-state index in [9.17, 15) is 0 Å². The molecule has 0 aromatic carbocycles. The second kappa shape index (κ2) is 7.28. The fourth-order valence-electron chi connectivity index (χ4n) is 3.90. The fraction of sp³-hybridized carbons (Fsp3) is 0.0833. The lowest BCUT2D eigenvalue weighted by Gasteiger charge is -2.12. The summed E-state index contributed by atoms with van der Waals surface area (Å²) in [6.45, 7) is 0. The number of H-pyrrole nitrogens is 2. The number of thiophene rings is 1. The number of fused-ring (bicyclic) bond motifs is 2. The Bertz CT molecular complexity index is 1560. The number of pyridine rings is 3. The summed E-state index contributed by atoms with van der Waals surface area (Å²) in [5, 5.41) is 11.9. The van der Waals surface area contributed by atoms with Crippen LogP contribution >= 0.6 is 11.3 Å². The highest BCUT2D eigenvalue weighted by molar-refractivity contribution is 7.13. The van der Waals surface area contributed by atoms with Crippen molar-refractivity contribution in [2.75, 3.05) is 19.0 Å². The lowest BCUT2D eigenvalue weighted by molar-refractivity contribution is 1.11. The van der Waals surface area contributed by atoms with Gasteiger partial charge in [0.25, 0.3) is 0 Å². The predicted octanol–water partition coefficient (Wildman–Crippen LogP) is 5.36. The summed E-state index contributed by atoms with van der Waals surface area (Å²) in [7, 11) is 4.00. The van der Waals surface area contributed by atoms with Crippen LogP contribution < -0.4 is 4.90 Å². The number of hydrogen-bond acceptors (Lipinski definition) is 6. The molecule has 0 aliphatic carbocycles. The third-order valence-corrected chi connectivity index (χ3v) is 6.47. The summed E-state index contributed by atoms with van der Waals surface area (Å²) in [5.74, 6) is 0. The lowest BCUT2D eigenvalue weighted by atomic mass is 10.1. The number of nitrogens with zero attached hydrogens (tertiary/aromatic N) is 5. The maximum absolute atomic E-state index is 4.63. The third kappa shape index (κ3) is 3.04. The number of aromatic amines is 2. The van der Waals surface area contributed by atoms with Gasteiger partial charge in [-0.25, -0.2) is 0 Å². The Hall–Kier alpha value is -4.04. The monoisotopic (exact) mass is 437 g/mol. The molecule has 0 atom stereocenters. The van der Waals surface area contributed by atoms with Crippen LogP contribution in [0, 0.1) is 0 Å². The van der Waals surface area contributed by atoms with Crippen molar-refractivity contribution in [1.82, 2.24) is 30.1 Å². The zero-order valence-electron chi connectivity index (χ0n) is 17.5. The topological polar surface area (TPSA) is 86.4 Å². The predicted molar refractivity (Wildman–Crippen MR) is 130 cm³/mol. The number of hydrogen-bond donors (Lipinski definition) is 2. The average molecular weight is 438 g/mol. The van der Waals surface area contributed by atoms with Crippen molar-refractivity contribution in [2.45, 2.75) is 0 Å². The third-order valence-electron chi connectivity index (χ3n) is 5.57. The normalized spacial score (nSPS) is 11.4. The van der Waals surface area contributed by atoms with Crippen LogP contribution in [0.3, 0.4) is 0 Å². The van der Waals surface area contributed by atoms with E-state index in [1.54, 1.807) is 11.3 Å². The highest BCUT2D eigenvalue weighted by Gasteiger charge is 2.15. The van der Waals surface area contributed by atoms with Gasteiger partial charge >= 0.3 is 0 Å². The van der Waals surface area contributed by atoms with Crippen LogP contribution in [0.5, 0.6) is 0 Å². The second-order valence-corrected chi connectivity index (χ2v) is 8.77. The lowest BCUT2D eigenvalue weighted by Crippen LogP contribution is -2.08. The van der Waals surface area contributed by atoms with Crippen LogP contribution in [0.4, 0.5) is 5.69 Å². The summed E-state index contributed by atoms with van der Waals surface area (Å²) in [6.07, 6.45) is 9.28. The molecule has 0 aliphatic rings. The Morgan fingerprint density at radius 1 is 0.906 bits per heavy atom. The first-order chi connectivity index (χ1) is 15.7. The zero-order valence-corrected chi connectivity index (χ0v) is 18.3. The minimum atomic E-state index is 0.855. The highest BCUT2D eigenvalue weighted by Crippen LogP contribution is 2.35. The van der Waals surface area contributed by atoms with Gasteiger partial charge in [0, 0.05) is 53.3 Å². The molecule has 0 fully saturated rings. The quantitative estimate of drug-likeness (QED) is 0.388. The van der Waals surface area contributed by atoms with Crippen molar-refractivity contribution in [3.8, 4) is 33.1 Å². The van der Waals surface area contributed by atoms with Crippen molar-refractivity contribution < 1.29 is 0 Å². The molecule has 0 saturated heterocycles. The van der Waals surface area contributed by atoms with Gasteiger partial charge in [0.1, 0.15) is 5.69 Å². The standard InChI is InChI=1S/C24H19N7S/c1-31(2)15-6-14(9-25-10-15)19-8-17-22(13-27-19)29-30-24(17)20-7-16-18(23-4-3-5-32-23)11-26-12-21(16)28-20/h3-13,28H,1-2H3,(H,29,30). The average Bonchev–Trinajstić information content (AvgIpc) is 3.57. The maximum atomic E-state index is 4.63. The molecule has 0 unspecified atom stereocenters. The Labute approximate surface area is 187 Å². The minimum absolute atomic E-state index is 0.855. The molecule has 6 rings (SSSR count). The van der Waals surface area contributed by atoms with E-state index in [2.05, 4.69) is 65.8 Å². The van der Waals surface area contributed by atoms with Gasteiger partial charge in [-0.05, 0) is 29.6 Å². The summed E-state index contributed by atoms with van der Waals surface area (Å²) >= 11 is 1.71. The van der Waals surface area contributed by atoms with Crippen molar-refractivity contribution in [3.63, 3.8) is 0 Å². The molecular weight excluding hydrogens is 418 g/mol. The molecule has 0 spiro atoms. The molecule has 6 aromatic heterocycles. The van der Waals surface area contributed by atoms with Gasteiger partial charge in [-0.15, -0.1) is 11.3 Å². The molecular formula is C24H19N7S. The zero-order chi connectivity index (χ0) is 21.7. The van der Waals surface area contributed by atoms with Crippen LogP contribution in [0.1, 0.15) is 0 Å². The molecule has 6 aromatic rings. The molecule has 0 amide bonds. The largest absolute Gasteiger partial charge is 0.376 e. The summed E-state index contributed by atoms with van der Waals surface area (Å²) in [5.41, 5.74) is 7.63. The van der Waals surface area contributed by atoms with Gasteiger partial charge in [0.15, 0.2) is 0 Å². The van der Waals surface area contributed by atoms with E-state index >= 15 is 0 Å². The Morgan fingerprint density at radius 3 is 2.66 bits per heavy atom. The van der Waals surface area contributed by atoms with Gasteiger partial charge in [0.2, 0.25) is 0 Å². The highest BCUT2D eigenvalue weighted by atomic mass is 32.1. The van der Waals surface area contributed by atoms with E-state index in [0.29, 0.717) is 0 Å². The number of nitrogens with one attached hydrogen (secondary N) is 2. The smallest absolute Gasteiger partial charge is 0.116 e. The van der Waals surface area contributed by atoms with Gasteiger partial charge in [0.05, 0.1) is 46.7 Å². The molecule has 2 N–H and O–H groups in total. The van der Waals surface area contributed by atoms with Gasteiger partial charge in [-0.2, -0.15) is 5.10 Å². The van der Waals surface area contributed by atoms with E-state index in [-0.39, 0.29) is 0 Å². The van der Waals surface area contributed by atoms with Gasteiger partial charge < -0.3 is 9.88 Å². The van der Waals surface area contributed by atoms with Crippen molar-refractivity contribution in [2.24, 2.45) is 0 Å². The molecule has 7 nitrogen and oxygen atoms in total. The van der Waals surface area contributed by atoms with E-state index in [0.717, 1.165) is 55.7 Å². The molecule has 0 saturated carbocycles.